The van der Waals surface area contributed by atoms with E-state index in [4.69, 9.17) is 19.6 Å². The van der Waals surface area contributed by atoms with Gasteiger partial charge in [0.05, 0.1) is 19.1 Å². The van der Waals surface area contributed by atoms with Crippen LogP contribution in [0, 0.1) is 11.8 Å². The van der Waals surface area contributed by atoms with Gasteiger partial charge in [0.25, 0.3) is 0 Å². The van der Waals surface area contributed by atoms with Crippen LogP contribution < -0.4 is 11.1 Å². The molecule has 2 aliphatic carbocycles. The summed E-state index contributed by atoms with van der Waals surface area (Å²) in [7, 11) is 1.50. The lowest BCUT2D eigenvalue weighted by atomic mass is 9.62. The summed E-state index contributed by atoms with van der Waals surface area (Å²) in [5.41, 5.74) is 8.41. The molecule has 238 valence electrons. The van der Waals surface area contributed by atoms with E-state index >= 15 is 0 Å². The van der Waals surface area contributed by atoms with E-state index in [0.717, 1.165) is 57.8 Å². The lowest BCUT2D eigenvalue weighted by Crippen LogP contribution is -2.59. The van der Waals surface area contributed by atoms with Crippen molar-refractivity contribution < 1.29 is 23.5 Å². The van der Waals surface area contributed by atoms with Crippen LogP contribution in [-0.4, -0.2) is 59.2 Å². The van der Waals surface area contributed by atoms with Crippen molar-refractivity contribution in [1.82, 2.24) is 5.32 Å². The number of hydrogen-bond acceptors (Lipinski definition) is 6. The number of nitrogens with one attached hydrogen (secondary N) is 1. The smallest absolute Gasteiger partial charge is 0.308 e. The van der Waals surface area contributed by atoms with Crippen LogP contribution in [0.1, 0.15) is 107 Å². The van der Waals surface area contributed by atoms with Crippen LogP contribution in [0.25, 0.3) is 0 Å². The number of nitrogens with two attached hydrogens (primary N) is 1. The van der Waals surface area contributed by atoms with Gasteiger partial charge in [-0.25, -0.2) is 0 Å². The molecule has 0 bridgehead atoms. The van der Waals surface area contributed by atoms with Crippen molar-refractivity contribution in [2.24, 2.45) is 17.6 Å². The van der Waals surface area contributed by atoms with E-state index in [1.54, 1.807) is 7.11 Å². The first-order valence-electron chi connectivity index (χ1n) is 16.2. The summed E-state index contributed by atoms with van der Waals surface area (Å²) in [6, 6.07) is 5.91. The van der Waals surface area contributed by atoms with Crippen LogP contribution in [0.2, 0.25) is 18.1 Å². The van der Waals surface area contributed by atoms with Gasteiger partial charge in [-0.3, -0.25) is 9.59 Å². The minimum absolute atomic E-state index is 0.00965. The van der Waals surface area contributed by atoms with Gasteiger partial charge in [0.1, 0.15) is 0 Å². The number of benzene rings is 1. The summed E-state index contributed by atoms with van der Waals surface area (Å²) in [4.78, 5) is 24.9. The first-order valence-corrected chi connectivity index (χ1v) is 19.1. The lowest BCUT2D eigenvalue weighted by Gasteiger charge is -2.49. The van der Waals surface area contributed by atoms with Gasteiger partial charge in [-0.2, -0.15) is 0 Å². The predicted octanol–water partition coefficient (Wildman–Crippen LogP) is 6.52. The number of ether oxygens (including phenoxy) is 2. The minimum Gasteiger partial charge on any atom is -0.469 e. The summed E-state index contributed by atoms with van der Waals surface area (Å²) in [5, 5.41) is 4.05. The third kappa shape index (κ3) is 7.66. The van der Waals surface area contributed by atoms with Crippen molar-refractivity contribution in [2.45, 2.75) is 134 Å². The average molecular weight is 603 g/mol. The van der Waals surface area contributed by atoms with Crippen LogP contribution >= 0.6 is 0 Å². The van der Waals surface area contributed by atoms with Crippen molar-refractivity contribution in [3.8, 4) is 0 Å². The molecule has 0 aromatic heterocycles. The maximum absolute atomic E-state index is 12.9. The molecule has 42 heavy (non-hydrogen) atoms. The van der Waals surface area contributed by atoms with Gasteiger partial charge in [0, 0.05) is 36.7 Å². The molecule has 3 atom stereocenters. The van der Waals surface area contributed by atoms with E-state index < -0.39 is 14.2 Å². The number of carbonyl (C=O) groups is 2. The Morgan fingerprint density at radius 2 is 1.74 bits per heavy atom. The third-order valence-corrected chi connectivity index (χ3v) is 15.5. The number of primary amides is 1. The molecule has 1 fully saturated rings. The molecule has 7 nitrogen and oxygen atoms in total. The van der Waals surface area contributed by atoms with Gasteiger partial charge in [-0.15, -0.1) is 0 Å². The standard InChI is InChI=1S/C34H58N2O5Si/c1-10-34(11-2)28-21-25(31(35)37)15-14-24(28)22-29(39-6)30(34)36-19-18-26(32(38)40-7)20-23-12-16-27(17-13-23)41-42(8,9)33(3,4)5/h14-15,21,23,26-27,29-30,36H,10-13,16-20,22H2,1-9H3,(H2,35,37)/t23?,26?,27?,29-,30+/m0/s1. The van der Waals surface area contributed by atoms with Gasteiger partial charge in [0.15, 0.2) is 8.32 Å². The summed E-state index contributed by atoms with van der Waals surface area (Å²) in [5.74, 6) is -0.142. The van der Waals surface area contributed by atoms with Crippen LogP contribution in [0.15, 0.2) is 18.2 Å². The second-order valence-corrected chi connectivity index (χ2v) is 19.0. The van der Waals surface area contributed by atoms with Gasteiger partial charge in [-0.1, -0.05) is 40.7 Å². The van der Waals surface area contributed by atoms with Gasteiger partial charge in [0.2, 0.25) is 5.91 Å². The van der Waals surface area contributed by atoms with Crippen molar-refractivity contribution in [3.63, 3.8) is 0 Å². The molecule has 1 aromatic rings. The third-order valence-electron chi connectivity index (χ3n) is 11.0. The number of amides is 1. The molecule has 1 unspecified atom stereocenters. The van der Waals surface area contributed by atoms with E-state index in [1.165, 1.54) is 18.2 Å². The average Bonchev–Trinajstić information content (AvgIpc) is 2.95. The zero-order valence-corrected chi connectivity index (χ0v) is 28.8. The van der Waals surface area contributed by atoms with Crippen molar-refractivity contribution in [2.75, 3.05) is 20.8 Å². The molecule has 1 amide bonds. The molecular formula is C34H58N2O5Si. The number of rotatable bonds is 13. The molecule has 0 spiro atoms. The summed E-state index contributed by atoms with van der Waals surface area (Å²) in [6.07, 6.45) is 8.82. The number of methoxy groups -OCH3 is 2. The van der Waals surface area contributed by atoms with Gasteiger partial charge < -0.3 is 25.0 Å². The number of fused-ring (bicyclic) bond motifs is 1. The molecule has 3 N–H and O–H groups in total. The lowest BCUT2D eigenvalue weighted by molar-refractivity contribution is -0.146. The van der Waals surface area contributed by atoms with Crippen LogP contribution in [-0.2, 0) is 30.5 Å². The van der Waals surface area contributed by atoms with Crippen molar-refractivity contribution >= 4 is 20.2 Å². The minimum atomic E-state index is -1.78. The van der Waals surface area contributed by atoms with E-state index in [0.29, 0.717) is 24.1 Å². The fourth-order valence-corrected chi connectivity index (χ4v) is 8.66. The molecule has 0 aliphatic heterocycles. The number of hydrogen-bond donors (Lipinski definition) is 2. The first kappa shape index (κ1) is 34.7. The molecule has 1 aromatic carbocycles. The number of esters is 1. The summed E-state index contributed by atoms with van der Waals surface area (Å²) < 4.78 is 18.0. The van der Waals surface area contributed by atoms with E-state index in [1.807, 2.05) is 18.2 Å². The Balaban J connectivity index is 1.68. The molecule has 3 rings (SSSR count). The highest BCUT2D eigenvalue weighted by Gasteiger charge is 2.47. The highest BCUT2D eigenvalue weighted by Crippen LogP contribution is 2.44. The Bertz CT molecular complexity index is 1060. The molecule has 0 heterocycles. The Morgan fingerprint density at radius 3 is 2.26 bits per heavy atom. The fraction of sp³-hybridized carbons (Fsp3) is 0.765. The maximum atomic E-state index is 12.9. The fourth-order valence-electron chi connectivity index (χ4n) is 7.24. The zero-order valence-electron chi connectivity index (χ0n) is 27.8. The van der Waals surface area contributed by atoms with Crippen molar-refractivity contribution in [3.05, 3.63) is 34.9 Å². The first-order chi connectivity index (χ1) is 19.7. The number of carbonyl (C=O) groups excluding carboxylic acids is 2. The highest BCUT2D eigenvalue weighted by molar-refractivity contribution is 6.74. The molecule has 1 saturated carbocycles. The quantitative estimate of drug-likeness (QED) is 0.197. The van der Waals surface area contributed by atoms with Crippen LogP contribution in [0.4, 0.5) is 0 Å². The summed E-state index contributed by atoms with van der Waals surface area (Å²) >= 11 is 0. The Hall–Kier alpha value is -1.74. The Morgan fingerprint density at radius 1 is 1.10 bits per heavy atom. The normalized spacial score (nSPS) is 25.0. The molecule has 8 heteroatoms. The van der Waals surface area contributed by atoms with Crippen molar-refractivity contribution in [1.29, 1.82) is 0 Å². The van der Waals surface area contributed by atoms with E-state index in [9.17, 15) is 9.59 Å². The monoisotopic (exact) mass is 602 g/mol. The molecule has 0 saturated heterocycles. The van der Waals surface area contributed by atoms with Crippen LogP contribution in [0.3, 0.4) is 0 Å². The maximum Gasteiger partial charge on any atom is 0.308 e. The zero-order chi connectivity index (χ0) is 31.3. The topological polar surface area (TPSA) is 99.9 Å². The molecular weight excluding hydrogens is 544 g/mol. The second kappa shape index (κ2) is 14.4. The van der Waals surface area contributed by atoms with Gasteiger partial charge in [-0.05, 0) is 105 Å². The summed E-state index contributed by atoms with van der Waals surface area (Å²) in [6.45, 7) is 16.7. The van der Waals surface area contributed by atoms with E-state index in [-0.39, 0.29) is 34.5 Å². The highest BCUT2D eigenvalue weighted by atomic mass is 28.4. The van der Waals surface area contributed by atoms with E-state index in [2.05, 4.69) is 53.0 Å². The van der Waals surface area contributed by atoms with Gasteiger partial charge >= 0.3 is 5.97 Å². The largest absolute Gasteiger partial charge is 0.469 e. The predicted molar refractivity (Wildman–Crippen MR) is 172 cm³/mol. The van der Waals surface area contributed by atoms with Crippen LogP contribution in [0.5, 0.6) is 0 Å². The Kier molecular flexibility index (Phi) is 11.9. The molecule has 2 aliphatic rings. The SMILES string of the molecule is CCC1(CC)c2cc(C(N)=O)ccc2C[C@H](OC)[C@H]1NCCC(CC1CCC(O[Si](C)(C)C(C)(C)C)CC1)C(=O)OC. The second-order valence-electron chi connectivity index (χ2n) is 14.3. The molecule has 0 radical (unpaired) electrons. The Labute approximate surface area is 256 Å².